The summed E-state index contributed by atoms with van der Waals surface area (Å²) in [5, 5.41) is 6.55. The molecule has 2 atom stereocenters. The van der Waals surface area contributed by atoms with Gasteiger partial charge in [0.15, 0.2) is 0 Å². The zero-order chi connectivity index (χ0) is 34.4. The van der Waals surface area contributed by atoms with Crippen LogP contribution in [-0.2, 0) is 20.0 Å². The van der Waals surface area contributed by atoms with Crippen LogP contribution in [0.3, 0.4) is 0 Å². The van der Waals surface area contributed by atoms with Crippen molar-refractivity contribution in [2.75, 3.05) is 0 Å². The quantitative estimate of drug-likeness (QED) is 0.170. The van der Waals surface area contributed by atoms with Crippen molar-refractivity contribution in [2.45, 2.75) is 110 Å². The van der Waals surface area contributed by atoms with Crippen molar-refractivity contribution in [3.8, 4) is 0 Å². The SMILES string of the molecule is CC1=C2c3c(C(C)C)cc(C(C)C)cc3[CH]1[Hf]([CH3])([CH3])[CH]1C(C)=C(c3c(C(C)C)cc(C(C)C)cc31)[Si]2(c1ccccc1)c1ccccc1. The standard InChI is InChI=1S/C44H50Si.2CH3.Hf/c1-27(2)33-23-35-21-31(9)43(41(35)39(25-33)29(5)6)45(37-17-13-11-14-18-37,38-19-15-12-16-20-38)44-32(10)22-36-24-34(28(3)4)26-40(30(7)8)42(36)44;;;/h11-30H,1-10H3;2*1H3;. The van der Waals surface area contributed by atoms with E-state index in [2.05, 4.69) is 164 Å². The van der Waals surface area contributed by atoms with Crippen molar-refractivity contribution >= 4 is 28.8 Å². The number of benzene rings is 4. The van der Waals surface area contributed by atoms with Crippen LogP contribution in [0.2, 0.25) is 9.36 Å². The van der Waals surface area contributed by atoms with Gasteiger partial charge in [-0.25, -0.2) is 0 Å². The first-order valence-corrected chi connectivity index (χ1v) is 32.0. The van der Waals surface area contributed by atoms with Crippen molar-refractivity contribution in [2.24, 2.45) is 0 Å². The molecular weight excluding hydrogens is 759 g/mol. The summed E-state index contributed by atoms with van der Waals surface area (Å²) >= 11 is -3.30. The van der Waals surface area contributed by atoms with Gasteiger partial charge in [0.2, 0.25) is 0 Å². The molecule has 7 rings (SSSR count). The first-order valence-electron chi connectivity index (χ1n) is 18.6. The predicted molar refractivity (Wildman–Crippen MR) is 210 cm³/mol. The molecule has 4 bridgehead atoms. The van der Waals surface area contributed by atoms with Gasteiger partial charge in [-0.15, -0.1) is 0 Å². The van der Waals surface area contributed by atoms with Gasteiger partial charge >= 0.3 is 299 Å². The van der Waals surface area contributed by atoms with Crippen LogP contribution >= 0.6 is 0 Å². The van der Waals surface area contributed by atoms with Crippen LogP contribution < -0.4 is 10.4 Å². The minimum absolute atomic E-state index is 0.456. The van der Waals surface area contributed by atoms with Crippen LogP contribution in [0.1, 0.15) is 145 Å². The fourth-order valence-corrected chi connectivity index (χ4v) is 35.1. The second-order valence-electron chi connectivity index (χ2n) is 17.1. The van der Waals surface area contributed by atoms with Gasteiger partial charge in [0.1, 0.15) is 0 Å². The molecule has 2 heteroatoms. The van der Waals surface area contributed by atoms with Crippen LogP contribution in [0.25, 0.3) is 10.4 Å². The molecule has 0 amide bonds. The first-order chi connectivity index (χ1) is 22.7. The van der Waals surface area contributed by atoms with Crippen molar-refractivity contribution in [1.82, 2.24) is 0 Å². The Morgan fingerprint density at radius 2 is 0.854 bits per heavy atom. The average molecular weight is 816 g/mol. The number of fused-ring (bicyclic) bond motifs is 8. The topological polar surface area (TPSA) is 0 Å². The fraction of sp³-hybridized carbons (Fsp3) is 0.391. The second kappa shape index (κ2) is 12.0. The number of hydrogen-bond acceptors (Lipinski definition) is 0. The normalized spacial score (nSPS) is 20.6. The molecule has 0 radical (unpaired) electrons. The summed E-state index contributed by atoms with van der Waals surface area (Å²) in [5.74, 6) is 1.93. The molecule has 2 aliphatic carbocycles. The Bertz CT molecular complexity index is 1830. The summed E-state index contributed by atoms with van der Waals surface area (Å²) in [5.41, 5.74) is 16.3. The van der Waals surface area contributed by atoms with Crippen LogP contribution in [-0.4, -0.2) is 8.07 Å². The Balaban J connectivity index is 1.77. The molecule has 48 heavy (non-hydrogen) atoms. The van der Waals surface area contributed by atoms with Gasteiger partial charge in [0.05, 0.1) is 0 Å². The number of allylic oxidation sites excluding steroid dienone is 2. The molecule has 4 aromatic carbocycles. The Labute approximate surface area is 297 Å². The molecule has 2 unspecified atom stereocenters. The maximum absolute atomic E-state index is 3.30. The molecule has 3 aliphatic rings. The molecule has 0 saturated carbocycles. The van der Waals surface area contributed by atoms with E-state index in [0.29, 0.717) is 31.0 Å². The third kappa shape index (κ3) is 4.67. The summed E-state index contributed by atoms with van der Waals surface area (Å²) in [4.78, 5) is 0. The maximum atomic E-state index is 2.84. The zero-order valence-electron chi connectivity index (χ0n) is 31.5. The molecule has 1 heterocycles. The van der Waals surface area contributed by atoms with Crippen molar-refractivity contribution in [1.29, 1.82) is 0 Å². The van der Waals surface area contributed by atoms with Gasteiger partial charge in [-0.2, -0.15) is 0 Å². The first kappa shape index (κ1) is 33.9. The van der Waals surface area contributed by atoms with Crippen LogP contribution in [0, 0.1) is 0 Å². The van der Waals surface area contributed by atoms with Crippen molar-refractivity contribution < 1.29 is 20.0 Å². The van der Waals surface area contributed by atoms with Crippen molar-refractivity contribution in [3.63, 3.8) is 0 Å². The molecule has 4 aromatic rings. The minimum atomic E-state index is -3.30. The molecule has 0 N–H and O–H groups in total. The van der Waals surface area contributed by atoms with E-state index in [1.165, 1.54) is 11.1 Å². The summed E-state index contributed by atoms with van der Waals surface area (Å²) in [7, 11) is -2.83. The van der Waals surface area contributed by atoms with Crippen LogP contribution in [0.15, 0.2) is 96.1 Å². The molecule has 0 nitrogen and oxygen atoms in total. The number of rotatable bonds is 6. The summed E-state index contributed by atoms with van der Waals surface area (Å²) in [6, 6.07) is 34.4. The Morgan fingerprint density at radius 1 is 0.500 bits per heavy atom. The van der Waals surface area contributed by atoms with Gasteiger partial charge in [0.25, 0.3) is 0 Å². The van der Waals surface area contributed by atoms with E-state index in [1.807, 2.05) is 0 Å². The third-order valence-electron chi connectivity index (χ3n) is 12.4. The monoisotopic (exact) mass is 816 g/mol. The van der Waals surface area contributed by atoms with E-state index in [0.717, 1.165) is 0 Å². The Hall–Kier alpha value is -2.55. The Kier molecular flexibility index (Phi) is 8.51. The molecule has 1 aliphatic heterocycles. The van der Waals surface area contributed by atoms with Crippen LogP contribution in [0.5, 0.6) is 0 Å². The molecular formula is C46H56HfSi. The van der Waals surface area contributed by atoms with E-state index in [9.17, 15) is 0 Å². The zero-order valence-corrected chi connectivity index (χ0v) is 36.1. The fourth-order valence-electron chi connectivity index (χ4n) is 10.5. The molecule has 0 fully saturated rings. The Morgan fingerprint density at radius 3 is 1.17 bits per heavy atom. The van der Waals surface area contributed by atoms with E-state index >= 15 is 0 Å². The molecule has 0 aromatic heterocycles. The predicted octanol–water partition coefficient (Wildman–Crippen LogP) is 12.1. The average Bonchev–Trinajstić information content (AvgIpc) is 3.53. The molecule has 0 saturated heterocycles. The van der Waals surface area contributed by atoms with Gasteiger partial charge in [-0.3, -0.25) is 0 Å². The van der Waals surface area contributed by atoms with Crippen LogP contribution in [0.4, 0.5) is 0 Å². The third-order valence-corrected chi connectivity index (χ3v) is 33.7. The second-order valence-corrected chi connectivity index (χ2v) is 37.9. The van der Waals surface area contributed by atoms with Gasteiger partial charge in [0, 0.05) is 0 Å². The van der Waals surface area contributed by atoms with Gasteiger partial charge in [-0.1, -0.05) is 0 Å². The summed E-state index contributed by atoms with van der Waals surface area (Å²) in [6.45, 7) is 24.5. The van der Waals surface area contributed by atoms with Gasteiger partial charge < -0.3 is 0 Å². The van der Waals surface area contributed by atoms with E-state index < -0.39 is 28.0 Å². The van der Waals surface area contributed by atoms with E-state index in [1.54, 1.807) is 65.3 Å². The van der Waals surface area contributed by atoms with Gasteiger partial charge in [-0.05, 0) is 0 Å². The van der Waals surface area contributed by atoms with Crippen molar-refractivity contribution in [3.05, 3.63) is 141 Å². The molecule has 0 spiro atoms. The van der Waals surface area contributed by atoms with E-state index in [-0.39, 0.29) is 0 Å². The summed E-state index contributed by atoms with van der Waals surface area (Å²) in [6.07, 6.45) is 0. The van der Waals surface area contributed by atoms with E-state index in [4.69, 9.17) is 0 Å². The number of hydrogen-bond donors (Lipinski definition) is 0. The molecule has 248 valence electrons. The summed E-state index contributed by atoms with van der Waals surface area (Å²) < 4.78 is 6.80.